The summed E-state index contributed by atoms with van der Waals surface area (Å²) in [5, 5.41) is 4.56. The van der Waals surface area contributed by atoms with Gasteiger partial charge in [0, 0.05) is 44.4 Å². The quantitative estimate of drug-likeness (QED) is 0.158. The van der Waals surface area contributed by atoms with Gasteiger partial charge in [0.25, 0.3) is 0 Å². The Balaban J connectivity index is 0.832. The van der Waals surface area contributed by atoms with E-state index in [1.807, 2.05) is 0 Å². The summed E-state index contributed by atoms with van der Waals surface area (Å²) in [5.74, 6) is 1.85. The third-order valence-electron chi connectivity index (χ3n) is 17.7. The maximum Gasteiger partial charge on any atom is 0.140 e. The van der Waals surface area contributed by atoms with Gasteiger partial charge < -0.3 is 9.64 Å². The number of fused-ring (bicyclic) bond motifs is 16. The Labute approximate surface area is 467 Å². The first kappa shape index (κ1) is 46.1. The number of anilines is 3. The summed E-state index contributed by atoms with van der Waals surface area (Å²) in [4.78, 5) is 2.46. The molecule has 0 amide bonds. The summed E-state index contributed by atoms with van der Waals surface area (Å²) in [5.41, 5.74) is 24.6. The summed E-state index contributed by atoms with van der Waals surface area (Å²) in [7, 11) is 0. The van der Waals surface area contributed by atoms with Gasteiger partial charge in [0.2, 0.25) is 0 Å². The van der Waals surface area contributed by atoms with E-state index in [0.29, 0.717) is 0 Å². The minimum atomic E-state index is -0.619. The highest BCUT2D eigenvalue weighted by molar-refractivity contribution is 6.00. The van der Waals surface area contributed by atoms with Crippen LogP contribution in [-0.2, 0) is 10.8 Å². The van der Waals surface area contributed by atoms with Crippen LogP contribution in [0, 0.1) is 0 Å². The molecule has 0 N–H and O–H groups in total. The molecular formula is C78H53NO. The van der Waals surface area contributed by atoms with Crippen molar-refractivity contribution in [3.63, 3.8) is 0 Å². The second-order valence-electron chi connectivity index (χ2n) is 22.3. The molecule has 376 valence electrons. The number of hydrogen-bond acceptors (Lipinski definition) is 2. The molecule has 13 aromatic carbocycles. The van der Waals surface area contributed by atoms with Crippen molar-refractivity contribution in [2.45, 2.75) is 24.7 Å². The van der Waals surface area contributed by atoms with E-state index in [4.69, 9.17) is 4.74 Å². The molecule has 0 saturated carbocycles. The lowest BCUT2D eigenvalue weighted by Crippen LogP contribution is -2.32. The molecule has 2 nitrogen and oxygen atoms in total. The highest BCUT2D eigenvalue weighted by Crippen LogP contribution is 2.64. The topological polar surface area (TPSA) is 12.5 Å². The maximum atomic E-state index is 7.25. The van der Waals surface area contributed by atoms with Crippen LogP contribution in [0.5, 0.6) is 11.5 Å². The van der Waals surface area contributed by atoms with Crippen LogP contribution in [0.1, 0.15) is 47.2 Å². The van der Waals surface area contributed by atoms with Gasteiger partial charge in [0.15, 0.2) is 0 Å². The van der Waals surface area contributed by atoms with E-state index < -0.39 is 5.41 Å². The summed E-state index contributed by atoms with van der Waals surface area (Å²) in [6.45, 7) is 4.71. The van der Waals surface area contributed by atoms with Crippen LogP contribution in [0.15, 0.2) is 285 Å². The lowest BCUT2D eigenvalue weighted by molar-refractivity contribution is 0.447. The maximum absolute atomic E-state index is 7.25. The molecule has 0 unspecified atom stereocenters. The van der Waals surface area contributed by atoms with Crippen LogP contribution in [0.4, 0.5) is 17.1 Å². The molecule has 0 fully saturated rings. The van der Waals surface area contributed by atoms with Gasteiger partial charge >= 0.3 is 0 Å². The predicted octanol–water partition coefficient (Wildman–Crippen LogP) is 20.9. The number of rotatable bonds is 7. The van der Waals surface area contributed by atoms with E-state index in [-0.39, 0.29) is 5.41 Å². The Bertz CT molecular complexity index is 4500. The molecule has 1 aliphatic heterocycles. The van der Waals surface area contributed by atoms with Gasteiger partial charge in [0.1, 0.15) is 11.5 Å². The molecule has 13 aromatic rings. The minimum Gasteiger partial charge on any atom is -0.455 e. The molecule has 16 rings (SSSR count). The van der Waals surface area contributed by atoms with Crippen LogP contribution < -0.4 is 9.64 Å². The Morgan fingerprint density at radius 1 is 0.263 bits per heavy atom. The van der Waals surface area contributed by atoms with Crippen LogP contribution in [0.2, 0.25) is 0 Å². The molecule has 0 radical (unpaired) electrons. The Kier molecular flexibility index (Phi) is 10.2. The molecular weight excluding hydrogens is 967 g/mol. The molecule has 0 saturated heterocycles. The van der Waals surface area contributed by atoms with Gasteiger partial charge in [0.05, 0.1) is 5.41 Å². The van der Waals surface area contributed by atoms with E-state index >= 15 is 0 Å². The molecule has 0 aromatic heterocycles. The van der Waals surface area contributed by atoms with Crippen molar-refractivity contribution in [2.75, 3.05) is 4.90 Å². The fraction of sp³-hybridized carbons (Fsp3) is 0.0513. The zero-order valence-corrected chi connectivity index (χ0v) is 44.5. The zero-order chi connectivity index (χ0) is 53.1. The van der Waals surface area contributed by atoms with E-state index in [9.17, 15) is 0 Å². The van der Waals surface area contributed by atoms with E-state index in [2.05, 4.69) is 304 Å². The lowest BCUT2D eigenvalue weighted by Gasteiger charge is -2.40. The van der Waals surface area contributed by atoms with Gasteiger partial charge in [-0.1, -0.05) is 250 Å². The molecule has 2 heteroatoms. The Morgan fingerprint density at radius 3 is 1.35 bits per heavy atom. The Hall–Kier alpha value is -10.0. The van der Waals surface area contributed by atoms with Crippen molar-refractivity contribution in [1.82, 2.24) is 0 Å². The molecule has 2 aliphatic carbocycles. The molecule has 1 heterocycles. The van der Waals surface area contributed by atoms with Crippen molar-refractivity contribution >= 4 is 38.6 Å². The first-order valence-corrected chi connectivity index (χ1v) is 27.9. The fourth-order valence-corrected chi connectivity index (χ4v) is 13.9. The van der Waals surface area contributed by atoms with E-state index in [1.165, 1.54) is 83.5 Å². The number of ether oxygens (including phenoxy) is 1. The number of benzene rings is 13. The van der Waals surface area contributed by atoms with Gasteiger partial charge in [-0.2, -0.15) is 0 Å². The van der Waals surface area contributed by atoms with Gasteiger partial charge in [-0.25, -0.2) is 0 Å². The SMILES string of the molecule is CC1(C)c2ccccc2-c2cc(N(c3cccc(-c4ccc(-c5ccc6c(c5)C5(c7ccccc7-6)c6ccc7ccccc7c6Oc6c5ccc5ccccc65)cc4)c3)c3cc(-c4ccccc4)cc(-c4ccccc4)c3)ccc21. The normalized spacial score (nSPS) is 13.7. The Morgan fingerprint density at radius 2 is 0.713 bits per heavy atom. The third-order valence-corrected chi connectivity index (χ3v) is 17.7. The standard InChI is InChI=1S/C78H53NO/c1-77(2)69-30-15-13-29-66(69)68-49-61(39-43-70(68)77)79(62-46-58(50-18-5-3-6-19-50)44-59(47-62)51-20-7-4-8-21-51)60-25-17-24-56(45-60)52-32-34-53(35-33-52)57-36-40-67-65-28-14-16-31-71(65)78(74(67)48-57)72-41-37-54-22-9-11-26-63(54)75(72)80-76-64-27-12-10-23-55(64)38-42-73(76)78/h3-49H,1-2H3. The van der Waals surface area contributed by atoms with Crippen molar-refractivity contribution in [3.05, 3.63) is 318 Å². The van der Waals surface area contributed by atoms with E-state index in [0.717, 1.165) is 66.8 Å². The summed E-state index contributed by atoms with van der Waals surface area (Å²) in [6.07, 6.45) is 0. The average Bonchev–Trinajstić information content (AvgIpc) is 4.15. The second kappa shape index (κ2) is 17.8. The smallest absolute Gasteiger partial charge is 0.140 e. The zero-order valence-electron chi connectivity index (χ0n) is 44.5. The average molecular weight is 1020 g/mol. The van der Waals surface area contributed by atoms with Crippen LogP contribution in [-0.4, -0.2) is 0 Å². The van der Waals surface area contributed by atoms with Crippen LogP contribution in [0.3, 0.4) is 0 Å². The lowest BCUT2D eigenvalue weighted by atomic mass is 9.65. The first-order valence-electron chi connectivity index (χ1n) is 27.9. The molecule has 0 atom stereocenters. The highest BCUT2D eigenvalue weighted by Gasteiger charge is 2.52. The minimum absolute atomic E-state index is 0.104. The molecule has 80 heavy (non-hydrogen) atoms. The first-order chi connectivity index (χ1) is 39.4. The monoisotopic (exact) mass is 1020 g/mol. The summed E-state index contributed by atoms with van der Waals surface area (Å²) < 4.78 is 7.25. The van der Waals surface area contributed by atoms with Gasteiger partial charge in [-0.3, -0.25) is 0 Å². The largest absolute Gasteiger partial charge is 0.455 e. The predicted molar refractivity (Wildman–Crippen MR) is 333 cm³/mol. The van der Waals surface area contributed by atoms with Crippen molar-refractivity contribution < 1.29 is 4.74 Å². The number of hydrogen-bond donors (Lipinski definition) is 0. The van der Waals surface area contributed by atoms with Crippen molar-refractivity contribution in [2.24, 2.45) is 0 Å². The van der Waals surface area contributed by atoms with E-state index in [1.54, 1.807) is 0 Å². The van der Waals surface area contributed by atoms with Gasteiger partial charge in [-0.05, 0) is 148 Å². The molecule has 1 spiro atoms. The van der Waals surface area contributed by atoms with Crippen molar-refractivity contribution in [1.29, 1.82) is 0 Å². The third kappa shape index (κ3) is 6.92. The molecule has 0 bridgehead atoms. The van der Waals surface area contributed by atoms with Gasteiger partial charge in [-0.15, -0.1) is 0 Å². The highest BCUT2D eigenvalue weighted by atomic mass is 16.5. The van der Waals surface area contributed by atoms with Crippen molar-refractivity contribution in [3.8, 4) is 78.3 Å². The molecule has 3 aliphatic rings. The fourth-order valence-electron chi connectivity index (χ4n) is 13.9. The number of nitrogens with zero attached hydrogens (tertiary/aromatic N) is 1. The van der Waals surface area contributed by atoms with Crippen LogP contribution in [0.25, 0.3) is 88.3 Å². The summed E-state index contributed by atoms with van der Waals surface area (Å²) >= 11 is 0. The second-order valence-corrected chi connectivity index (χ2v) is 22.3. The van der Waals surface area contributed by atoms with Crippen LogP contribution >= 0.6 is 0 Å². The summed E-state index contributed by atoms with van der Waals surface area (Å²) in [6, 6.07) is 106.